The van der Waals surface area contributed by atoms with Gasteiger partial charge in [0, 0.05) is 31.4 Å². The molecule has 0 aromatic heterocycles. The van der Waals surface area contributed by atoms with Gasteiger partial charge in [-0.2, -0.15) is 0 Å². The molecule has 0 spiro atoms. The topological polar surface area (TPSA) is 41.7 Å². The van der Waals surface area contributed by atoms with Gasteiger partial charge < -0.3 is 20.3 Å². The largest absolute Gasteiger partial charge is 0.497 e. The van der Waals surface area contributed by atoms with Crippen LogP contribution in [0.3, 0.4) is 0 Å². The second-order valence-corrected chi connectivity index (χ2v) is 5.20. The molecular formula is C14H23N3O. The summed E-state index contributed by atoms with van der Waals surface area (Å²) in [6, 6.07) is 8.22. The molecule has 0 bridgehead atoms. The molecule has 18 heavy (non-hydrogen) atoms. The normalized spacial score (nSPS) is 23.7. The minimum Gasteiger partial charge on any atom is -0.497 e. The average Bonchev–Trinajstić information content (AvgIpc) is 2.84. The SMILES string of the molecule is COc1cccc(N2CCC(CN)(N(C)C)C2)c1. The molecule has 0 radical (unpaired) electrons. The van der Waals surface area contributed by atoms with Gasteiger partial charge in [-0.3, -0.25) is 0 Å². The van der Waals surface area contributed by atoms with Crippen molar-refractivity contribution in [2.24, 2.45) is 5.73 Å². The fraction of sp³-hybridized carbons (Fsp3) is 0.571. The van der Waals surface area contributed by atoms with Crippen LogP contribution < -0.4 is 15.4 Å². The van der Waals surface area contributed by atoms with Crippen molar-refractivity contribution < 1.29 is 4.74 Å². The number of methoxy groups -OCH3 is 1. The van der Waals surface area contributed by atoms with E-state index < -0.39 is 0 Å². The maximum atomic E-state index is 5.97. The lowest BCUT2D eigenvalue weighted by Crippen LogP contribution is -2.52. The first-order valence-electron chi connectivity index (χ1n) is 6.38. The van der Waals surface area contributed by atoms with Crippen molar-refractivity contribution in [1.82, 2.24) is 4.90 Å². The average molecular weight is 249 g/mol. The number of nitrogens with two attached hydrogens (primary N) is 1. The van der Waals surface area contributed by atoms with E-state index in [0.29, 0.717) is 6.54 Å². The molecule has 1 aliphatic rings. The minimum absolute atomic E-state index is 0.100. The molecule has 2 rings (SSSR count). The molecule has 4 heteroatoms. The Labute approximate surface area is 109 Å². The lowest BCUT2D eigenvalue weighted by atomic mass is 9.97. The van der Waals surface area contributed by atoms with Crippen LogP contribution in [-0.4, -0.2) is 51.3 Å². The van der Waals surface area contributed by atoms with Crippen molar-refractivity contribution in [3.05, 3.63) is 24.3 Å². The van der Waals surface area contributed by atoms with Gasteiger partial charge in [0.2, 0.25) is 0 Å². The first-order valence-corrected chi connectivity index (χ1v) is 6.38. The van der Waals surface area contributed by atoms with Crippen LogP contribution in [-0.2, 0) is 0 Å². The monoisotopic (exact) mass is 249 g/mol. The van der Waals surface area contributed by atoms with E-state index in [0.717, 1.165) is 25.3 Å². The van der Waals surface area contributed by atoms with E-state index in [1.54, 1.807) is 7.11 Å². The molecule has 100 valence electrons. The first kappa shape index (κ1) is 13.2. The van der Waals surface area contributed by atoms with Crippen LogP contribution in [0.2, 0.25) is 0 Å². The van der Waals surface area contributed by atoms with Crippen LogP contribution in [0.1, 0.15) is 6.42 Å². The standard InChI is InChI=1S/C14H23N3O/c1-16(2)14(10-15)7-8-17(11-14)12-5-4-6-13(9-12)18-3/h4-6,9H,7-8,10-11,15H2,1-3H3. The number of benzene rings is 1. The highest BCUT2D eigenvalue weighted by molar-refractivity contribution is 5.52. The van der Waals surface area contributed by atoms with Crippen LogP contribution in [0.4, 0.5) is 5.69 Å². The smallest absolute Gasteiger partial charge is 0.120 e. The van der Waals surface area contributed by atoms with Gasteiger partial charge in [-0.15, -0.1) is 0 Å². The molecule has 1 atom stereocenters. The lowest BCUT2D eigenvalue weighted by molar-refractivity contribution is 0.184. The molecule has 1 heterocycles. The van der Waals surface area contributed by atoms with Crippen molar-refractivity contribution in [3.8, 4) is 5.75 Å². The van der Waals surface area contributed by atoms with Crippen molar-refractivity contribution in [2.45, 2.75) is 12.0 Å². The highest BCUT2D eigenvalue weighted by atomic mass is 16.5. The van der Waals surface area contributed by atoms with Crippen molar-refractivity contribution in [1.29, 1.82) is 0 Å². The van der Waals surface area contributed by atoms with Gasteiger partial charge in [0.15, 0.2) is 0 Å². The highest BCUT2D eigenvalue weighted by Crippen LogP contribution is 2.31. The minimum atomic E-state index is 0.100. The van der Waals surface area contributed by atoms with E-state index in [1.165, 1.54) is 5.69 Å². The number of nitrogens with zero attached hydrogens (tertiary/aromatic N) is 2. The second-order valence-electron chi connectivity index (χ2n) is 5.20. The molecule has 0 amide bonds. The summed E-state index contributed by atoms with van der Waals surface area (Å²) in [5, 5.41) is 0. The van der Waals surface area contributed by atoms with Gasteiger partial charge in [-0.25, -0.2) is 0 Å². The lowest BCUT2D eigenvalue weighted by Gasteiger charge is -2.35. The number of anilines is 1. The van der Waals surface area contributed by atoms with Gasteiger partial charge >= 0.3 is 0 Å². The molecule has 4 nitrogen and oxygen atoms in total. The van der Waals surface area contributed by atoms with E-state index in [9.17, 15) is 0 Å². The molecule has 0 saturated carbocycles. The summed E-state index contributed by atoms with van der Waals surface area (Å²) in [4.78, 5) is 4.64. The van der Waals surface area contributed by atoms with Gasteiger partial charge in [0.05, 0.1) is 12.6 Å². The Hall–Kier alpha value is -1.26. The molecule has 1 aliphatic heterocycles. The Morgan fingerprint density at radius 3 is 2.78 bits per heavy atom. The summed E-state index contributed by atoms with van der Waals surface area (Å²) >= 11 is 0. The second kappa shape index (κ2) is 5.16. The Morgan fingerprint density at radius 2 is 2.22 bits per heavy atom. The van der Waals surface area contributed by atoms with Crippen LogP contribution in [0.5, 0.6) is 5.75 Å². The fourth-order valence-electron chi connectivity index (χ4n) is 2.60. The number of likely N-dealkylation sites (N-methyl/N-ethyl adjacent to an activating group) is 1. The third kappa shape index (κ3) is 2.31. The zero-order valence-corrected chi connectivity index (χ0v) is 11.5. The maximum absolute atomic E-state index is 5.97. The molecular weight excluding hydrogens is 226 g/mol. The number of hydrogen-bond acceptors (Lipinski definition) is 4. The van der Waals surface area contributed by atoms with Gasteiger partial charge in [0.25, 0.3) is 0 Å². The summed E-state index contributed by atoms with van der Waals surface area (Å²) in [5.41, 5.74) is 7.29. The summed E-state index contributed by atoms with van der Waals surface area (Å²) in [5.74, 6) is 0.905. The van der Waals surface area contributed by atoms with E-state index >= 15 is 0 Å². The third-order valence-corrected chi connectivity index (χ3v) is 4.08. The third-order valence-electron chi connectivity index (χ3n) is 4.08. The quantitative estimate of drug-likeness (QED) is 0.869. The van der Waals surface area contributed by atoms with Crippen LogP contribution in [0.15, 0.2) is 24.3 Å². The van der Waals surface area contributed by atoms with Crippen molar-refractivity contribution >= 4 is 5.69 Å². The van der Waals surface area contributed by atoms with Crippen molar-refractivity contribution in [3.63, 3.8) is 0 Å². The van der Waals surface area contributed by atoms with Gasteiger partial charge in [-0.1, -0.05) is 6.07 Å². The maximum Gasteiger partial charge on any atom is 0.120 e. The number of rotatable bonds is 4. The van der Waals surface area contributed by atoms with Gasteiger partial charge in [-0.05, 0) is 32.6 Å². The zero-order valence-electron chi connectivity index (χ0n) is 11.5. The van der Waals surface area contributed by atoms with E-state index in [4.69, 9.17) is 10.5 Å². The van der Waals surface area contributed by atoms with E-state index in [2.05, 4.69) is 36.0 Å². The van der Waals surface area contributed by atoms with E-state index in [1.807, 2.05) is 12.1 Å². The Morgan fingerprint density at radius 1 is 1.44 bits per heavy atom. The summed E-state index contributed by atoms with van der Waals surface area (Å²) in [7, 11) is 5.93. The molecule has 0 aliphatic carbocycles. The molecule has 1 saturated heterocycles. The van der Waals surface area contributed by atoms with Crippen molar-refractivity contribution in [2.75, 3.05) is 45.7 Å². The summed E-state index contributed by atoms with van der Waals surface area (Å²) in [6.07, 6.45) is 1.10. The van der Waals surface area contributed by atoms with Crippen LogP contribution in [0, 0.1) is 0 Å². The van der Waals surface area contributed by atoms with E-state index in [-0.39, 0.29) is 5.54 Å². The molecule has 1 aromatic rings. The number of ether oxygens (including phenoxy) is 1. The molecule has 1 unspecified atom stereocenters. The van der Waals surface area contributed by atoms with Crippen LogP contribution in [0.25, 0.3) is 0 Å². The predicted octanol–water partition coefficient (Wildman–Crippen LogP) is 1.16. The molecule has 1 aromatic carbocycles. The Bertz CT molecular complexity index is 408. The Balaban J connectivity index is 2.17. The van der Waals surface area contributed by atoms with Gasteiger partial charge in [0.1, 0.15) is 5.75 Å². The molecule has 2 N–H and O–H groups in total. The molecule has 1 fully saturated rings. The summed E-state index contributed by atoms with van der Waals surface area (Å²) < 4.78 is 5.28. The fourth-order valence-corrected chi connectivity index (χ4v) is 2.60. The predicted molar refractivity (Wildman–Crippen MR) is 75.3 cm³/mol. The zero-order chi connectivity index (χ0) is 13.2. The number of hydrogen-bond donors (Lipinski definition) is 1. The Kier molecular flexibility index (Phi) is 3.78. The van der Waals surface area contributed by atoms with Crippen LogP contribution >= 0.6 is 0 Å². The first-order chi connectivity index (χ1) is 8.61. The summed E-state index contributed by atoms with van der Waals surface area (Å²) in [6.45, 7) is 2.71. The highest BCUT2D eigenvalue weighted by Gasteiger charge is 2.38.